The van der Waals surface area contributed by atoms with Crippen LogP contribution in [0, 0.1) is 0 Å². The van der Waals surface area contributed by atoms with E-state index in [9.17, 15) is 9.59 Å². The van der Waals surface area contributed by atoms with Gasteiger partial charge in [-0.05, 0) is 30.4 Å². The van der Waals surface area contributed by atoms with Crippen LogP contribution in [0.1, 0.15) is 22.5 Å². The first kappa shape index (κ1) is 11.7. The molecule has 0 radical (unpaired) electrons. The van der Waals surface area contributed by atoms with Gasteiger partial charge < -0.3 is 10.0 Å². The second-order valence-electron chi connectivity index (χ2n) is 4.25. The Hall–Kier alpha value is -1.40. The van der Waals surface area contributed by atoms with Crippen molar-refractivity contribution >= 4 is 43.9 Å². The SMILES string of the molecule is O=C(O)C1CCCN1C(=O)c1cc2sccc2s1. The van der Waals surface area contributed by atoms with Crippen molar-refractivity contribution < 1.29 is 14.7 Å². The fraction of sp³-hybridized carbons (Fsp3) is 0.333. The predicted octanol–water partition coefficient (Wildman–Crippen LogP) is 2.65. The van der Waals surface area contributed by atoms with Gasteiger partial charge in [-0.2, -0.15) is 0 Å². The van der Waals surface area contributed by atoms with Crippen LogP contribution in [-0.2, 0) is 4.79 Å². The van der Waals surface area contributed by atoms with Gasteiger partial charge in [0, 0.05) is 15.9 Å². The number of hydrogen-bond acceptors (Lipinski definition) is 4. The van der Waals surface area contributed by atoms with Crippen LogP contribution in [0.4, 0.5) is 0 Å². The summed E-state index contributed by atoms with van der Waals surface area (Å²) >= 11 is 3.04. The second kappa shape index (κ2) is 4.37. The molecule has 1 unspecified atom stereocenters. The molecule has 2 aromatic heterocycles. The van der Waals surface area contributed by atoms with Crippen molar-refractivity contribution in [3.05, 3.63) is 22.4 Å². The third-order valence-electron chi connectivity index (χ3n) is 3.15. The average Bonchev–Trinajstić information content (AvgIpc) is 3.02. The second-order valence-corrected chi connectivity index (χ2v) is 6.29. The minimum atomic E-state index is -0.904. The Kier molecular flexibility index (Phi) is 2.83. The molecule has 18 heavy (non-hydrogen) atoms. The maximum atomic E-state index is 12.3. The molecule has 4 nitrogen and oxygen atoms in total. The summed E-state index contributed by atoms with van der Waals surface area (Å²) in [6.07, 6.45) is 1.32. The number of rotatable bonds is 2. The molecule has 1 atom stereocenters. The van der Waals surface area contributed by atoms with E-state index >= 15 is 0 Å². The third kappa shape index (κ3) is 1.81. The van der Waals surface area contributed by atoms with E-state index in [1.807, 2.05) is 17.5 Å². The molecular formula is C12H11NO3S2. The van der Waals surface area contributed by atoms with Crippen molar-refractivity contribution in [1.29, 1.82) is 0 Å². The molecule has 1 amide bonds. The topological polar surface area (TPSA) is 57.6 Å². The van der Waals surface area contributed by atoms with Gasteiger partial charge in [-0.3, -0.25) is 4.79 Å². The lowest BCUT2D eigenvalue weighted by Crippen LogP contribution is -2.40. The van der Waals surface area contributed by atoms with Crippen LogP contribution in [0.3, 0.4) is 0 Å². The number of nitrogens with zero attached hydrogens (tertiary/aromatic N) is 1. The quantitative estimate of drug-likeness (QED) is 0.920. The molecule has 3 rings (SSSR count). The highest BCUT2D eigenvalue weighted by Crippen LogP contribution is 2.32. The fourth-order valence-corrected chi connectivity index (χ4v) is 4.34. The van der Waals surface area contributed by atoms with E-state index in [-0.39, 0.29) is 5.91 Å². The van der Waals surface area contributed by atoms with Gasteiger partial charge in [0.1, 0.15) is 6.04 Å². The summed E-state index contributed by atoms with van der Waals surface area (Å²) in [6, 6.07) is 3.20. The van der Waals surface area contributed by atoms with Crippen molar-refractivity contribution in [2.24, 2.45) is 0 Å². The Labute approximate surface area is 111 Å². The van der Waals surface area contributed by atoms with E-state index in [2.05, 4.69) is 0 Å². The van der Waals surface area contributed by atoms with Gasteiger partial charge in [0.15, 0.2) is 0 Å². The van der Waals surface area contributed by atoms with Crippen LogP contribution in [0.2, 0.25) is 0 Å². The minimum absolute atomic E-state index is 0.145. The molecule has 0 bridgehead atoms. The van der Waals surface area contributed by atoms with Gasteiger partial charge in [0.2, 0.25) is 0 Å². The first-order valence-electron chi connectivity index (χ1n) is 5.67. The van der Waals surface area contributed by atoms with Gasteiger partial charge in [-0.25, -0.2) is 4.79 Å². The van der Waals surface area contributed by atoms with Crippen LogP contribution in [-0.4, -0.2) is 34.5 Å². The predicted molar refractivity (Wildman–Crippen MR) is 71.4 cm³/mol. The Morgan fingerprint density at radius 1 is 1.39 bits per heavy atom. The van der Waals surface area contributed by atoms with Gasteiger partial charge >= 0.3 is 5.97 Å². The zero-order chi connectivity index (χ0) is 12.7. The molecule has 0 saturated carbocycles. The smallest absolute Gasteiger partial charge is 0.326 e. The van der Waals surface area contributed by atoms with E-state index in [0.29, 0.717) is 17.8 Å². The van der Waals surface area contributed by atoms with Gasteiger partial charge in [-0.15, -0.1) is 22.7 Å². The highest BCUT2D eigenvalue weighted by Gasteiger charge is 2.34. The largest absolute Gasteiger partial charge is 0.480 e. The standard InChI is InChI=1S/C12H11NO3S2/c14-11(13-4-1-2-7(13)12(15)16)10-6-9-8(18-10)3-5-17-9/h3,5-7H,1-2,4H2,(H,15,16). The Bertz CT molecular complexity index is 587. The highest BCUT2D eigenvalue weighted by molar-refractivity contribution is 7.27. The van der Waals surface area contributed by atoms with E-state index in [1.165, 1.54) is 16.2 Å². The summed E-state index contributed by atoms with van der Waals surface area (Å²) in [4.78, 5) is 25.5. The van der Waals surface area contributed by atoms with Gasteiger partial charge in [0.05, 0.1) is 4.88 Å². The van der Waals surface area contributed by atoms with Crippen molar-refractivity contribution in [1.82, 2.24) is 4.90 Å². The summed E-state index contributed by atoms with van der Waals surface area (Å²) in [7, 11) is 0. The summed E-state index contributed by atoms with van der Waals surface area (Å²) in [5, 5.41) is 11.1. The number of carbonyl (C=O) groups excluding carboxylic acids is 1. The Balaban J connectivity index is 1.90. The van der Waals surface area contributed by atoms with Crippen molar-refractivity contribution in [3.8, 4) is 0 Å². The van der Waals surface area contributed by atoms with Crippen molar-refractivity contribution in [2.45, 2.75) is 18.9 Å². The number of carboxylic acids is 1. The van der Waals surface area contributed by atoms with Crippen LogP contribution in [0.15, 0.2) is 17.5 Å². The maximum Gasteiger partial charge on any atom is 0.326 e. The number of likely N-dealkylation sites (tertiary alicyclic amines) is 1. The molecular weight excluding hydrogens is 270 g/mol. The lowest BCUT2D eigenvalue weighted by molar-refractivity contribution is -0.141. The zero-order valence-corrected chi connectivity index (χ0v) is 11.1. The van der Waals surface area contributed by atoms with Crippen LogP contribution in [0.25, 0.3) is 9.40 Å². The van der Waals surface area contributed by atoms with E-state index < -0.39 is 12.0 Å². The molecule has 1 N–H and O–H groups in total. The average molecular weight is 281 g/mol. The summed E-state index contributed by atoms with van der Waals surface area (Å²) in [5.74, 6) is -1.05. The Morgan fingerprint density at radius 3 is 2.94 bits per heavy atom. The summed E-state index contributed by atoms with van der Waals surface area (Å²) in [5.41, 5.74) is 0. The van der Waals surface area contributed by atoms with E-state index in [1.54, 1.807) is 11.3 Å². The van der Waals surface area contributed by atoms with E-state index in [0.717, 1.165) is 15.8 Å². The van der Waals surface area contributed by atoms with E-state index in [4.69, 9.17) is 5.11 Å². The molecule has 0 spiro atoms. The Morgan fingerprint density at radius 2 is 2.22 bits per heavy atom. The number of carbonyl (C=O) groups is 2. The number of amides is 1. The molecule has 1 aliphatic rings. The van der Waals surface area contributed by atoms with Crippen molar-refractivity contribution in [2.75, 3.05) is 6.54 Å². The van der Waals surface area contributed by atoms with Gasteiger partial charge in [0.25, 0.3) is 5.91 Å². The first-order chi connectivity index (χ1) is 8.66. The maximum absolute atomic E-state index is 12.3. The molecule has 0 aliphatic carbocycles. The molecule has 1 aliphatic heterocycles. The van der Waals surface area contributed by atoms with Crippen LogP contribution in [0.5, 0.6) is 0 Å². The fourth-order valence-electron chi connectivity index (χ4n) is 2.28. The molecule has 6 heteroatoms. The molecule has 0 aromatic carbocycles. The normalized spacial score (nSPS) is 19.6. The van der Waals surface area contributed by atoms with Crippen molar-refractivity contribution in [3.63, 3.8) is 0 Å². The number of aliphatic carboxylic acids is 1. The van der Waals surface area contributed by atoms with Gasteiger partial charge in [-0.1, -0.05) is 0 Å². The number of fused-ring (bicyclic) bond motifs is 1. The van der Waals surface area contributed by atoms with Crippen LogP contribution < -0.4 is 0 Å². The first-order valence-corrected chi connectivity index (χ1v) is 7.37. The summed E-state index contributed by atoms with van der Waals surface area (Å²) < 4.78 is 2.18. The lowest BCUT2D eigenvalue weighted by Gasteiger charge is -2.20. The zero-order valence-electron chi connectivity index (χ0n) is 9.46. The molecule has 94 valence electrons. The lowest BCUT2D eigenvalue weighted by atomic mass is 10.2. The highest BCUT2D eigenvalue weighted by atomic mass is 32.1. The minimum Gasteiger partial charge on any atom is -0.480 e. The molecule has 1 saturated heterocycles. The van der Waals surface area contributed by atoms with Crippen LogP contribution >= 0.6 is 22.7 Å². The number of carboxylic acid groups (broad SMARTS) is 1. The molecule has 3 heterocycles. The number of hydrogen-bond donors (Lipinski definition) is 1. The molecule has 2 aromatic rings. The molecule has 1 fully saturated rings. The third-order valence-corrected chi connectivity index (χ3v) is 5.23. The monoisotopic (exact) mass is 281 g/mol. The number of thiophene rings is 2. The summed E-state index contributed by atoms with van der Waals surface area (Å²) in [6.45, 7) is 0.543.